The highest BCUT2D eigenvalue weighted by atomic mass is 19.4. The Morgan fingerprint density at radius 1 is 1.05 bits per heavy atom. The van der Waals surface area contributed by atoms with Gasteiger partial charge in [0.1, 0.15) is 11.4 Å². The molecule has 0 bridgehead atoms. The molecule has 5 rings (SSSR count). The van der Waals surface area contributed by atoms with Gasteiger partial charge in [-0.15, -0.1) is 6.42 Å². The number of aromatic nitrogens is 3. The topological polar surface area (TPSA) is 70.0 Å². The fourth-order valence-corrected chi connectivity index (χ4v) is 6.28. The monoisotopic (exact) mass is 587 g/mol. The van der Waals surface area contributed by atoms with E-state index in [2.05, 4.69) is 20.9 Å². The average Bonchev–Trinajstić information content (AvgIpc) is 3.24. The van der Waals surface area contributed by atoms with Crippen molar-refractivity contribution in [3.63, 3.8) is 0 Å². The summed E-state index contributed by atoms with van der Waals surface area (Å²) < 4.78 is 50.0. The first-order chi connectivity index (χ1) is 19.7. The molecule has 0 unspecified atom stereocenters. The minimum Gasteiger partial charge on any atom is -0.444 e. The van der Waals surface area contributed by atoms with Crippen LogP contribution in [0.3, 0.4) is 0 Å². The van der Waals surface area contributed by atoms with Crippen molar-refractivity contribution in [1.29, 1.82) is 0 Å². The molecule has 5 heterocycles. The predicted molar refractivity (Wildman–Crippen MR) is 155 cm³/mol. The van der Waals surface area contributed by atoms with Crippen LogP contribution < -0.4 is 9.80 Å². The number of hydrogen-bond acceptors (Lipinski definition) is 7. The number of carbonyl (C=O) groups excluding carboxylic acids is 1. The molecule has 3 saturated heterocycles. The lowest BCUT2D eigenvalue weighted by molar-refractivity contribution is -0.141. The zero-order valence-corrected chi connectivity index (χ0v) is 25.0. The van der Waals surface area contributed by atoms with Crippen LogP contribution in [0.2, 0.25) is 0 Å². The van der Waals surface area contributed by atoms with Crippen molar-refractivity contribution in [1.82, 2.24) is 24.6 Å². The molecule has 1 amide bonds. The number of aryl methyl sites for hydroxylation is 2. The Morgan fingerprint density at radius 2 is 1.69 bits per heavy atom. The fraction of sp³-hybridized carbons (Fsp3) is 0.633. The van der Waals surface area contributed by atoms with Crippen molar-refractivity contribution in [3.8, 4) is 12.3 Å². The first kappa shape index (κ1) is 30.0. The van der Waals surface area contributed by atoms with E-state index in [0.717, 1.165) is 18.4 Å². The molecule has 42 heavy (non-hydrogen) atoms. The summed E-state index contributed by atoms with van der Waals surface area (Å²) in [5.41, 5.74) is 0.956. The Labute approximate surface area is 245 Å². The lowest BCUT2D eigenvalue weighted by Gasteiger charge is -2.49. The number of alkyl halides is 3. The normalized spacial score (nSPS) is 19.5. The van der Waals surface area contributed by atoms with E-state index >= 15 is 0 Å². The van der Waals surface area contributed by atoms with Crippen LogP contribution in [0.4, 0.5) is 29.5 Å². The van der Waals surface area contributed by atoms with Crippen LogP contribution >= 0.6 is 0 Å². The molecule has 0 atom stereocenters. The number of anilines is 2. The highest BCUT2D eigenvalue weighted by molar-refractivity contribution is 5.69. The number of nitrogens with zero attached hydrogens (tertiary/aromatic N) is 7. The summed E-state index contributed by atoms with van der Waals surface area (Å²) in [7, 11) is 1.93. The number of terminal acetylenes is 1. The molecule has 3 aliphatic heterocycles. The third-order valence-electron chi connectivity index (χ3n) is 8.47. The van der Waals surface area contributed by atoms with Gasteiger partial charge in [0, 0.05) is 83.1 Å². The number of ether oxygens (including phenoxy) is 1. The summed E-state index contributed by atoms with van der Waals surface area (Å²) in [6.07, 6.45) is 4.13. The second-order valence-electron chi connectivity index (χ2n) is 12.5. The van der Waals surface area contributed by atoms with Gasteiger partial charge in [0.2, 0.25) is 0 Å². The first-order valence-electron chi connectivity index (χ1n) is 14.5. The second kappa shape index (κ2) is 11.3. The Kier molecular flexibility index (Phi) is 8.09. The SMILES string of the molecule is C#Cc1c(N2CC(N3CCN(C(=O)OC(C)(C)C)CC3)C2)cc(N2CCC(c3c(C)cnn3C)CC2)nc1C(F)(F)F. The molecule has 0 aromatic carbocycles. The maximum Gasteiger partial charge on any atom is 0.434 e. The molecule has 228 valence electrons. The van der Waals surface area contributed by atoms with Crippen LogP contribution in [0, 0.1) is 19.3 Å². The number of piperidine rings is 1. The fourth-order valence-electron chi connectivity index (χ4n) is 6.28. The minimum atomic E-state index is -4.67. The summed E-state index contributed by atoms with van der Waals surface area (Å²) in [6.45, 7) is 12.3. The van der Waals surface area contributed by atoms with Gasteiger partial charge in [0.05, 0.1) is 17.4 Å². The van der Waals surface area contributed by atoms with E-state index in [1.165, 1.54) is 5.69 Å². The molecule has 0 N–H and O–H groups in total. The summed E-state index contributed by atoms with van der Waals surface area (Å²) in [4.78, 5) is 24.3. The van der Waals surface area contributed by atoms with Crippen LogP contribution in [0.5, 0.6) is 0 Å². The van der Waals surface area contributed by atoms with Crippen molar-refractivity contribution in [2.45, 2.75) is 64.3 Å². The van der Waals surface area contributed by atoms with Crippen LogP contribution in [0.25, 0.3) is 0 Å². The molecule has 12 heteroatoms. The van der Waals surface area contributed by atoms with E-state index in [1.54, 1.807) is 11.0 Å². The maximum atomic E-state index is 14.2. The Bertz CT molecular complexity index is 1320. The number of pyridine rings is 1. The van der Waals surface area contributed by atoms with Gasteiger partial charge >= 0.3 is 12.3 Å². The second-order valence-corrected chi connectivity index (χ2v) is 12.5. The number of carbonyl (C=O) groups is 1. The molecule has 2 aromatic rings. The molecule has 0 aliphatic carbocycles. The standard InChI is InChI=1S/C30H40F3N7O2/c1-7-23-24(40-18-22(19-40)37-12-14-39(15-13-37)28(41)42-29(3,4)5)16-25(35-27(23)30(31,32)33)38-10-8-21(9-11-38)26-20(2)17-34-36(26)6/h1,16-17,21-22H,8-15,18-19H2,2-6H3. The summed E-state index contributed by atoms with van der Waals surface area (Å²) >= 11 is 0. The number of halogens is 3. The van der Waals surface area contributed by atoms with Gasteiger partial charge in [-0.1, -0.05) is 5.92 Å². The molecule has 0 radical (unpaired) electrons. The summed E-state index contributed by atoms with van der Waals surface area (Å²) in [6, 6.07) is 1.90. The molecule has 0 spiro atoms. The molecular weight excluding hydrogens is 547 g/mol. The van der Waals surface area contributed by atoms with Gasteiger partial charge < -0.3 is 19.4 Å². The lowest BCUT2D eigenvalue weighted by Crippen LogP contribution is -2.64. The molecule has 9 nitrogen and oxygen atoms in total. The van der Waals surface area contributed by atoms with Gasteiger partial charge in [-0.05, 0) is 46.1 Å². The van der Waals surface area contributed by atoms with Gasteiger partial charge in [-0.3, -0.25) is 9.58 Å². The van der Waals surface area contributed by atoms with Crippen LogP contribution in [0.15, 0.2) is 12.3 Å². The Balaban J connectivity index is 1.27. The third kappa shape index (κ3) is 6.16. The predicted octanol–water partition coefficient (Wildman–Crippen LogP) is 4.25. The number of rotatable bonds is 4. The zero-order valence-electron chi connectivity index (χ0n) is 25.0. The first-order valence-corrected chi connectivity index (χ1v) is 14.5. The highest BCUT2D eigenvalue weighted by Gasteiger charge is 2.41. The summed E-state index contributed by atoms with van der Waals surface area (Å²) in [5.74, 6) is 2.90. The van der Waals surface area contributed by atoms with E-state index in [-0.39, 0.29) is 17.7 Å². The van der Waals surface area contributed by atoms with E-state index in [9.17, 15) is 18.0 Å². The van der Waals surface area contributed by atoms with E-state index < -0.39 is 17.5 Å². The van der Waals surface area contributed by atoms with E-state index in [1.807, 2.05) is 55.4 Å². The quantitative estimate of drug-likeness (QED) is 0.496. The highest BCUT2D eigenvalue weighted by Crippen LogP contribution is 2.40. The van der Waals surface area contributed by atoms with E-state index in [0.29, 0.717) is 69.8 Å². The smallest absolute Gasteiger partial charge is 0.434 e. The van der Waals surface area contributed by atoms with E-state index in [4.69, 9.17) is 11.2 Å². The summed E-state index contributed by atoms with van der Waals surface area (Å²) in [5, 5.41) is 4.35. The van der Waals surface area contributed by atoms with Gasteiger partial charge in [-0.25, -0.2) is 9.78 Å². The largest absolute Gasteiger partial charge is 0.444 e. The van der Waals surface area contributed by atoms with Crippen molar-refractivity contribution in [2.24, 2.45) is 7.05 Å². The number of hydrogen-bond donors (Lipinski definition) is 0. The molecule has 3 fully saturated rings. The minimum absolute atomic E-state index is 0.167. The van der Waals surface area contributed by atoms with Crippen LogP contribution in [-0.4, -0.2) is 94.7 Å². The average molecular weight is 588 g/mol. The van der Waals surface area contributed by atoms with Crippen molar-refractivity contribution in [3.05, 3.63) is 34.8 Å². The van der Waals surface area contributed by atoms with Crippen LogP contribution in [0.1, 0.15) is 62.0 Å². The molecule has 3 aliphatic rings. The number of piperazine rings is 1. The molecule has 2 aromatic heterocycles. The Morgan fingerprint density at radius 3 is 2.21 bits per heavy atom. The zero-order chi connectivity index (χ0) is 30.4. The van der Waals surface area contributed by atoms with Crippen molar-refractivity contribution >= 4 is 17.6 Å². The lowest BCUT2D eigenvalue weighted by atomic mass is 9.91. The number of amides is 1. The van der Waals surface area contributed by atoms with Gasteiger partial charge in [-0.2, -0.15) is 18.3 Å². The maximum absolute atomic E-state index is 14.2. The van der Waals surface area contributed by atoms with Gasteiger partial charge in [0.15, 0.2) is 5.69 Å². The van der Waals surface area contributed by atoms with Crippen LogP contribution in [-0.2, 0) is 18.0 Å². The van der Waals surface area contributed by atoms with Gasteiger partial charge in [0.25, 0.3) is 0 Å². The van der Waals surface area contributed by atoms with Crippen molar-refractivity contribution < 1.29 is 22.7 Å². The molecule has 0 saturated carbocycles. The van der Waals surface area contributed by atoms with Crippen molar-refractivity contribution in [2.75, 3.05) is 62.2 Å². The molecular formula is C30H40F3N7O2. The Hall–Kier alpha value is -3.46. The third-order valence-corrected chi connectivity index (χ3v) is 8.47.